The number of hydrogen-bond acceptors (Lipinski definition) is 1. The lowest BCUT2D eigenvalue weighted by Crippen LogP contribution is -2.10. The summed E-state index contributed by atoms with van der Waals surface area (Å²) in [6, 6.07) is 0. The van der Waals surface area contributed by atoms with Crippen LogP contribution in [0.2, 0.25) is 0 Å². The fourth-order valence-corrected chi connectivity index (χ4v) is 0.248. The molecule has 0 spiro atoms. The van der Waals surface area contributed by atoms with E-state index in [9.17, 15) is 0 Å². The van der Waals surface area contributed by atoms with E-state index in [1.807, 2.05) is 19.0 Å². The summed E-state index contributed by atoms with van der Waals surface area (Å²) in [5.74, 6) is 2.69. The molecule has 0 heterocycles. The molecule has 0 amide bonds. The fraction of sp³-hybridized carbons (Fsp3) is 0.600. The highest BCUT2D eigenvalue weighted by Crippen LogP contribution is 1.69. The Labute approximate surface area is 71.5 Å². The first-order valence-corrected chi connectivity index (χ1v) is 2.38. The summed E-state index contributed by atoms with van der Waals surface area (Å²) in [5.41, 5.74) is 0. The second kappa shape index (κ2) is 7.58. The molecule has 0 aromatic heterocycles. The van der Waals surface area contributed by atoms with Crippen LogP contribution in [0, 0.1) is 11.3 Å². The fourth-order valence-electron chi connectivity index (χ4n) is 0.188. The first-order chi connectivity index (χ1) is 3.27. The molecule has 0 fully saturated rings. The molecule has 0 aliphatic carbocycles. The molecular formula is C5H10ClMgN. The van der Waals surface area contributed by atoms with Crippen molar-refractivity contribution in [3.05, 3.63) is 0 Å². The Kier molecular flexibility index (Phi) is 10.8. The summed E-state index contributed by atoms with van der Waals surface area (Å²) in [6.07, 6.45) is 0. The van der Waals surface area contributed by atoms with Gasteiger partial charge in [-0.2, -0.15) is 0 Å². The Balaban J connectivity index is 0. The van der Waals surface area contributed by atoms with Crippen LogP contribution in [0.4, 0.5) is 0 Å². The lowest BCUT2D eigenvalue weighted by Gasteiger charge is -1.99. The molecule has 0 aromatic rings. The molecule has 0 rings (SSSR count). The summed E-state index contributed by atoms with van der Waals surface area (Å²) in [4.78, 5) is 1.95. The minimum absolute atomic E-state index is 0. The Morgan fingerprint density at radius 1 is 1.50 bits per heavy atom. The predicted octanol–water partition coefficient (Wildman–Crippen LogP) is -0.168. The molecule has 0 aliphatic heterocycles. The molecule has 0 unspecified atom stereocenters. The van der Waals surface area contributed by atoms with Crippen LogP contribution in [0.25, 0.3) is 0 Å². The lowest BCUT2D eigenvalue weighted by atomic mass is 10.6. The minimum atomic E-state index is 0. The molecule has 0 saturated carbocycles. The zero-order valence-electron chi connectivity index (χ0n) is 4.53. The first-order valence-electron chi connectivity index (χ1n) is 2.00. The zero-order valence-corrected chi connectivity index (χ0v) is 5.29. The van der Waals surface area contributed by atoms with Crippen LogP contribution >= 0.6 is 11.6 Å². The molecule has 0 radical (unpaired) electrons. The van der Waals surface area contributed by atoms with E-state index in [2.05, 4.69) is 11.3 Å². The summed E-state index contributed by atoms with van der Waals surface area (Å²) in [6.45, 7) is 0.740. The molecule has 3 heteroatoms. The highest BCUT2D eigenvalue weighted by Gasteiger charge is 1.77. The van der Waals surface area contributed by atoms with Gasteiger partial charge in [0, 0.05) is 5.38 Å². The van der Waals surface area contributed by atoms with Gasteiger partial charge in [0.15, 0.2) is 0 Å². The number of nitrogens with zero attached hydrogens (tertiary/aromatic N) is 1. The lowest BCUT2D eigenvalue weighted by molar-refractivity contribution is 0.464. The molecule has 0 N–H and O–H groups in total. The molecule has 8 heavy (non-hydrogen) atoms. The van der Waals surface area contributed by atoms with Gasteiger partial charge in [-0.1, -0.05) is 5.92 Å². The largest absolute Gasteiger partial charge is 0.316 e. The van der Waals surface area contributed by atoms with Crippen molar-refractivity contribution in [2.75, 3.05) is 20.6 Å². The predicted molar refractivity (Wildman–Crippen MR) is 40.7 cm³/mol. The van der Waals surface area contributed by atoms with Gasteiger partial charge < -0.3 is 0 Å². The normalized spacial score (nSPS) is 7.00. The maximum absolute atomic E-state index is 5.06. The molecule has 0 aromatic carbocycles. The molecular weight excluding hydrogens is 134 g/mol. The Morgan fingerprint density at radius 2 is 2.00 bits per heavy atom. The van der Waals surface area contributed by atoms with Gasteiger partial charge in [0.1, 0.15) is 0 Å². The summed E-state index contributed by atoms with van der Waals surface area (Å²) < 4.78 is 0. The van der Waals surface area contributed by atoms with Gasteiger partial charge in [0.25, 0.3) is 0 Å². The van der Waals surface area contributed by atoms with E-state index in [1.165, 1.54) is 0 Å². The number of rotatable bonds is 1. The van der Waals surface area contributed by atoms with Crippen molar-refractivity contribution in [3.8, 4) is 11.3 Å². The minimum Gasteiger partial charge on any atom is -0.298 e. The molecule has 1 nitrogen and oxygen atoms in total. The second-order valence-corrected chi connectivity index (χ2v) is 1.70. The van der Waals surface area contributed by atoms with Crippen molar-refractivity contribution in [1.82, 2.24) is 4.90 Å². The van der Waals surface area contributed by atoms with Crippen LogP contribution in [0.1, 0.15) is 0 Å². The Hall–Kier alpha value is 0.576. The van der Waals surface area contributed by atoms with E-state index < -0.39 is 0 Å². The SMILES string of the molecule is CN(C)CC#CCl.[MgH2]. The van der Waals surface area contributed by atoms with Gasteiger partial charge in [-0.25, -0.2) is 0 Å². The summed E-state index contributed by atoms with van der Waals surface area (Å²) >= 11 is 5.06. The van der Waals surface area contributed by atoms with Crippen molar-refractivity contribution >= 4 is 34.7 Å². The van der Waals surface area contributed by atoms with Gasteiger partial charge in [-0.3, -0.25) is 4.90 Å². The van der Waals surface area contributed by atoms with Crippen molar-refractivity contribution in [2.45, 2.75) is 0 Å². The van der Waals surface area contributed by atoms with E-state index in [1.54, 1.807) is 0 Å². The van der Waals surface area contributed by atoms with Crippen molar-refractivity contribution in [3.63, 3.8) is 0 Å². The summed E-state index contributed by atoms with van der Waals surface area (Å²) in [7, 11) is 3.89. The number of hydrogen-bond donors (Lipinski definition) is 0. The molecule has 0 atom stereocenters. The van der Waals surface area contributed by atoms with Crippen LogP contribution in [0.15, 0.2) is 0 Å². The third-order valence-corrected chi connectivity index (χ3v) is 0.596. The second-order valence-electron chi connectivity index (χ2n) is 1.51. The molecule has 0 saturated heterocycles. The molecule has 0 bridgehead atoms. The van der Waals surface area contributed by atoms with Crippen LogP contribution in [-0.2, 0) is 0 Å². The quantitative estimate of drug-likeness (QED) is 0.364. The van der Waals surface area contributed by atoms with Crippen molar-refractivity contribution in [1.29, 1.82) is 0 Å². The monoisotopic (exact) mass is 143 g/mol. The van der Waals surface area contributed by atoms with E-state index in [4.69, 9.17) is 11.6 Å². The third kappa shape index (κ3) is 9.76. The maximum Gasteiger partial charge on any atom is 0.316 e. The molecule has 44 valence electrons. The average Bonchev–Trinajstić information content (AvgIpc) is 1.61. The average molecular weight is 144 g/mol. The van der Waals surface area contributed by atoms with Crippen LogP contribution in [0.3, 0.4) is 0 Å². The molecule has 0 aliphatic rings. The first kappa shape index (κ1) is 11.4. The van der Waals surface area contributed by atoms with Gasteiger partial charge in [-0.05, 0) is 25.7 Å². The van der Waals surface area contributed by atoms with Crippen LogP contribution in [-0.4, -0.2) is 48.6 Å². The van der Waals surface area contributed by atoms with Crippen molar-refractivity contribution < 1.29 is 0 Å². The van der Waals surface area contributed by atoms with E-state index in [-0.39, 0.29) is 23.1 Å². The standard InChI is InChI=1S/C5H8ClN.Mg.2H/c1-7(2)5-3-4-6;;;/h5H2,1-2H3;;;. The van der Waals surface area contributed by atoms with Crippen LogP contribution < -0.4 is 0 Å². The smallest absolute Gasteiger partial charge is 0.298 e. The van der Waals surface area contributed by atoms with E-state index in [0.29, 0.717) is 0 Å². The van der Waals surface area contributed by atoms with E-state index in [0.717, 1.165) is 6.54 Å². The van der Waals surface area contributed by atoms with E-state index >= 15 is 0 Å². The maximum atomic E-state index is 5.06. The van der Waals surface area contributed by atoms with Crippen LogP contribution in [0.5, 0.6) is 0 Å². The highest BCUT2D eigenvalue weighted by atomic mass is 35.5. The third-order valence-electron chi connectivity index (χ3n) is 0.462. The topological polar surface area (TPSA) is 3.24 Å². The van der Waals surface area contributed by atoms with Gasteiger partial charge in [0.2, 0.25) is 0 Å². The Morgan fingerprint density at radius 3 is 2.12 bits per heavy atom. The van der Waals surface area contributed by atoms with Gasteiger partial charge in [-0.15, -0.1) is 0 Å². The highest BCUT2D eigenvalue weighted by molar-refractivity contribution is 6.30. The summed E-state index contributed by atoms with van der Waals surface area (Å²) in [5, 5.41) is 2.28. The van der Waals surface area contributed by atoms with Gasteiger partial charge >= 0.3 is 23.1 Å². The Bertz CT molecular complexity index is 92.3. The van der Waals surface area contributed by atoms with Gasteiger partial charge in [0.05, 0.1) is 6.54 Å². The van der Waals surface area contributed by atoms with Crippen molar-refractivity contribution in [2.24, 2.45) is 0 Å². The zero-order chi connectivity index (χ0) is 5.70. The number of halogens is 1.